The third-order valence-corrected chi connectivity index (χ3v) is 4.79. The smallest absolute Gasteiger partial charge is 0.0237 e. The summed E-state index contributed by atoms with van der Waals surface area (Å²) in [4.78, 5) is 2.60. The van der Waals surface area contributed by atoms with Crippen molar-refractivity contribution in [2.24, 2.45) is 0 Å². The molecule has 2 rings (SSSR count). The molecule has 1 fully saturated rings. The van der Waals surface area contributed by atoms with Gasteiger partial charge in [-0.3, -0.25) is 4.90 Å². The molecule has 1 aliphatic heterocycles. The molecule has 0 saturated carbocycles. The zero-order valence-corrected chi connectivity index (χ0v) is 13.2. The summed E-state index contributed by atoms with van der Waals surface area (Å²) in [6.07, 6.45) is 0. The molecule has 2 nitrogen and oxygen atoms in total. The van der Waals surface area contributed by atoms with Crippen LogP contribution in [0.2, 0.25) is 0 Å². The molecule has 3 heteroatoms. The summed E-state index contributed by atoms with van der Waals surface area (Å²) in [6.45, 7) is 10.0. The second-order valence-corrected chi connectivity index (χ2v) is 6.90. The van der Waals surface area contributed by atoms with Gasteiger partial charge in [0.05, 0.1) is 0 Å². The second kappa shape index (κ2) is 7.32. The van der Waals surface area contributed by atoms with Crippen molar-refractivity contribution in [2.75, 3.05) is 18.1 Å². The van der Waals surface area contributed by atoms with E-state index >= 15 is 0 Å². The number of hydrogen-bond acceptors (Lipinski definition) is 3. The molecule has 1 unspecified atom stereocenters. The molecular weight excluding hydrogens is 252 g/mol. The SMILES string of the molecule is CC(C)NCc1cccc(CN2CCSCC2C)c1. The lowest BCUT2D eigenvalue weighted by Gasteiger charge is -2.33. The molecule has 1 heterocycles. The van der Waals surface area contributed by atoms with Crippen LogP contribution < -0.4 is 5.32 Å². The summed E-state index contributed by atoms with van der Waals surface area (Å²) >= 11 is 2.08. The van der Waals surface area contributed by atoms with E-state index in [0.717, 1.165) is 13.1 Å². The van der Waals surface area contributed by atoms with Gasteiger partial charge in [0.25, 0.3) is 0 Å². The normalized spacial score (nSPS) is 20.9. The van der Waals surface area contributed by atoms with E-state index in [1.54, 1.807) is 0 Å². The standard InChI is InChI=1S/C16H26N2S/c1-13(2)17-10-15-5-4-6-16(9-15)11-18-7-8-19-12-14(18)3/h4-6,9,13-14,17H,7-8,10-12H2,1-3H3. The van der Waals surface area contributed by atoms with Crippen LogP contribution in [0.5, 0.6) is 0 Å². The quantitative estimate of drug-likeness (QED) is 0.891. The fourth-order valence-electron chi connectivity index (χ4n) is 2.39. The van der Waals surface area contributed by atoms with Crippen LogP contribution in [-0.2, 0) is 13.1 Å². The van der Waals surface area contributed by atoms with Crippen molar-refractivity contribution >= 4 is 11.8 Å². The first kappa shape index (κ1) is 14.9. The maximum atomic E-state index is 3.48. The molecule has 106 valence electrons. The Hall–Kier alpha value is -0.510. The van der Waals surface area contributed by atoms with Gasteiger partial charge in [0.15, 0.2) is 0 Å². The maximum Gasteiger partial charge on any atom is 0.0237 e. The Morgan fingerprint density at radius 3 is 2.89 bits per heavy atom. The van der Waals surface area contributed by atoms with Gasteiger partial charge in [-0.25, -0.2) is 0 Å². The second-order valence-electron chi connectivity index (χ2n) is 5.75. The molecule has 0 radical (unpaired) electrons. The van der Waals surface area contributed by atoms with Gasteiger partial charge in [0, 0.05) is 43.2 Å². The van der Waals surface area contributed by atoms with E-state index in [2.05, 4.69) is 67.0 Å². The molecule has 1 saturated heterocycles. The number of nitrogens with one attached hydrogen (secondary N) is 1. The Balaban J connectivity index is 1.94. The van der Waals surface area contributed by atoms with E-state index in [-0.39, 0.29) is 0 Å². The molecule has 0 bridgehead atoms. The van der Waals surface area contributed by atoms with Crippen LogP contribution in [-0.4, -0.2) is 35.0 Å². The van der Waals surface area contributed by atoms with E-state index in [1.807, 2.05) is 0 Å². The molecule has 0 aliphatic carbocycles. The molecule has 1 aromatic carbocycles. The highest BCUT2D eigenvalue weighted by atomic mass is 32.2. The van der Waals surface area contributed by atoms with E-state index in [1.165, 1.54) is 29.2 Å². The van der Waals surface area contributed by atoms with Gasteiger partial charge in [-0.2, -0.15) is 11.8 Å². The van der Waals surface area contributed by atoms with Crippen molar-refractivity contribution in [3.8, 4) is 0 Å². The zero-order chi connectivity index (χ0) is 13.7. The highest BCUT2D eigenvalue weighted by Crippen LogP contribution is 2.19. The van der Waals surface area contributed by atoms with Crippen LogP contribution >= 0.6 is 11.8 Å². The average Bonchev–Trinajstić information content (AvgIpc) is 2.40. The van der Waals surface area contributed by atoms with Crippen LogP contribution in [0.4, 0.5) is 0 Å². The summed E-state index contributed by atoms with van der Waals surface area (Å²) in [5, 5.41) is 3.48. The Bertz CT molecular complexity index is 392. The van der Waals surface area contributed by atoms with Gasteiger partial charge >= 0.3 is 0 Å². The highest BCUT2D eigenvalue weighted by Gasteiger charge is 2.18. The summed E-state index contributed by atoms with van der Waals surface area (Å²) < 4.78 is 0. The fraction of sp³-hybridized carbons (Fsp3) is 0.625. The van der Waals surface area contributed by atoms with Crippen LogP contribution in [0.3, 0.4) is 0 Å². The molecule has 0 amide bonds. The summed E-state index contributed by atoms with van der Waals surface area (Å²) in [7, 11) is 0. The number of hydrogen-bond donors (Lipinski definition) is 1. The molecule has 0 aromatic heterocycles. The first-order chi connectivity index (χ1) is 9.15. The van der Waals surface area contributed by atoms with Crippen molar-refractivity contribution in [3.63, 3.8) is 0 Å². The maximum absolute atomic E-state index is 3.48. The molecule has 1 aromatic rings. The van der Waals surface area contributed by atoms with Gasteiger partial charge in [-0.15, -0.1) is 0 Å². The van der Waals surface area contributed by atoms with Crippen molar-refractivity contribution in [2.45, 2.75) is 45.9 Å². The summed E-state index contributed by atoms with van der Waals surface area (Å²) in [5.41, 5.74) is 2.84. The number of rotatable bonds is 5. The van der Waals surface area contributed by atoms with Gasteiger partial charge < -0.3 is 5.32 Å². The van der Waals surface area contributed by atoms with E-state index < -0.39 is 0 Å². The summed E-state index contributed by atoms with van der Waals surface area (Å²) in [6, 6.07) is 10.3. The van der Waals surface area contributed by atoms with Gasteiger partial charge in [0.2, 0.25) is 0 Å². The van der Waals surface area contributed by atoms with Gasteiger partial charge in [-0.1, -0.05) is 38.1 Å². The van der Waals surface area contributed by atoms with E-state index in [4.69, 9.17) is 0 Å². The number of nitrogens with zero attached hydrogens (tertiary/aromatic N) is 1. The van der Waals surface area contributed by atoms with Gasteiger partial charge in [0.1, 0.15) is 0 Å². The lowest BCUT2D eigenvalue weighted by atomic mass is 10.1. The average molecular weight is 278 g/mol. The van der Waals surface area contributed by atoms with E-state index in [9.17, 15) is 0 Å². The van der Waals surface area contributed by atoms with Crippen LogP contribution in [0, 0.1) is 0 Å². The number of thioether (sulfide) groups is 1. The van der Waals surface area contributed by atoms with Crippen molar-refractivity contribution in [1.82, 2.24) is 10.2 Å². The summed E-state index contributed by atoms with van der Waals surface area (Å²) in [5.74, 6) is 2.55. The Labute approximate surface area is 122 Å². The molecule has 0 spiro atoms. The van der Waals surface area contributed by atoms with Gasteiger partial charge in [-0.05, 0) is 18.1 Å². The molecule has 1 aliphatic rings. The lowest BCUT2D eigenvalue weighted by Crippen LogP contribution is -2.39. The van der Waals surface area contributed by atoms with Crippen LogP contribution in [0.1, 0.15) is 31.9 Å². The van der Waals surface area contributed by atoms with Crippen LogP contribution in [0.25, 0.3) is 0 Å². The minimum absolute atomic E-state index is 0.544. The monoisotopic (exact) mass is 278 g/mol. The first-order valence-electron chi connectivity index (χ1n) is 7.28. The largest absolute Gasteiger partial charge is 0.310 e. The Kier molecular flexibility index (Phi) is 5.74. The molecular formula is C16H26N2S. The zero-order valence-electron chi connectivity index (χ0n) is 12.4. The minimum Gasteiger partial charge on any atom is -0.310 e. The third-order valence-electron chi connectivity index (χ3n) is 3.60. The van der Waals surface area contributed by atoms with Crippen molar-refractivity contribution in [1.29, 1.82) is 0 Å². The Morgan fingerprint density at radius 2 is 2.16 bits per heavy atom. The lowest BCUT2D eigenvalue weighted by molar-refractivity contribution is 0.224. The minimum atomic E-state index is 0.544. The topological polar surface area (TPSA) is 15.3 Å². The van der Waals surface area contributed by atoms with Crippen LogP contribution in [0.15, 0.2) is 24.3 Å². The Morgan fingerprint density at radius 1 is 1.37 bits per heavy atom. The third kappa shape index (κ3) is 4.83. The van der Waals surface area contributed by atoms with Crippen molar-refractivity contribution in [3.05, 3.63) is 35.4 Å². The predicted octanol–water partition coefficient (Wildman–Crippen LogP) is 3.12. The first-order valence-corrected chi connectivity index (χ1v) is 8.43. The molecule has 19 heavy (non-hydrogen) atoms. The van der Waals surface area contributed by atoms with E-state index in [0.29, 0.717) is 12.1 Å². The molecule has 1 atom stereocenters. The fourth-order valence-corrected chi connectivity index (χ4v) is 3.47. The number of benzene rings is 1. The highest BCUT2D eigenvalue weighted by molar-refractivity contribution is 7.99. The van der Waals surface area contributed by atoms with Crippen molar-refractivity contribution < 1.29 is 0 Å². The molecule has 1 N–H and O–H groups in total. The predicted molar refractivity (Wildman–Crippen MR) is 85.6 cm³/mol.